The van der Waals surface area contributed by atoms with Crippen LogP contribution in [0.3, 0.4) is 0 Å². The fourth-order valence-corrected chi connectivity index (χ4v) is 3.19. The Kier molecular flexibility index (Phi) is 4.51. The van der Waals surface area contributed by atoms with Gasteiger partial charge in [0.1, 0.15) is 0 Å². The second-order valence-electron chi connectivity index (χ2n) is 6.77. The van der Waals surface area contributed by atoms with E-state index in [9.17, 15) is 9.59 Å². The van der Waals surface area contributed by atoms with E-state index < -0.39 is 0 Å². The van der Waals surface area contributed by atoms with Crippen LogP contribution in [0.2, 0.25) is 0 Å². The van der Waals surface area contributed by atoms with E-state index in [-0.39, 0.29) is 11.5 Å². The summed E-state index contributed by atoms with van der Waals surface area (Å²) in [5.41, 5.74) is 2.66. The normalized spacial score (nSPS) is 16.0. The Bertz CT molecular complexity index is 771. The number of nitrogens with zero attached hydrogens (tertiary/aromatic N) is 1. The molecule has 1 aromatic heterocycles. The molecule has 2 heterocycles. The molecule has 23 heavy (non-hydrogen) atoms. The molecule has 4 heteroatoms. The van der Waals surface area contributed by atoms with Crippen LogP contribution in [0, 0.1) is 12.8 Å². The molecule has 0 atom stereocenters. The van der Waals surface area contributed by atoms with Crippen molar-refractivity contribution in [2.45, 2.75) is 39.5 Å². The molecular formula is C19H24N2O2. The first kappa shape index (κ1) is 15.8. The molecule has 1 amide bonds. The van der Waals surface area contributed by atoms with Gasteiger partial charge in [-0.25, -0.2) is 0 Å². The van der Waals surface area contributed by atoms with Crippen molar-refractivity contribution >= 4 is 16.8 Å². The van der Waals surface area contributed by atoms with Crippen LogP contribution in [-0.2, 0) is 11.2 Å². The zero-order valence-electron chi connectivity index (χ0n) is 13.9. The fraction of sp³-hybridized carbons (Fsp3) is 0.474. The summed E-state index contributed by atoms with van der Waals surface area (Å²) in [5, 5.41) is 1.03. The van der Waals surface area contributed by atoms with E-state index in [0.717, 1.165) is 54.7 Å². The van der Waals surface area contributed by atoms with Gasteiger partial charge < -0.3 is 9.88 Å². The third-order valence-electron chi connectivity index (χ3n) is 4.86. The van der Waals surface area contributed by atoms with Gasteiger partial charge in [0.15, 0.2) is 0 Å². The number of fused-ring (bicyclic) bond motifs is 1. The van der Waals surface area contributed by atoms with Crippen molar-refractivity contribution in [3.05, 3.63) is 45.7 Å². The summed E-state index contributed by atoms with van der Waals surface area (Å²) >= 11 is 0. The summed E-state index contributed by atoms with van der Waals surface area (Å²) in [6.07, 6.45) is 3.55. The van der Waals surface area contributed by atoms with E-state index in [2.05, 4.69) is 18.0 Å². The topological polar surface area (TPSA) is 53.2 Å². The molecule has 1 saturated heterocycles. The summed E-state index contributed by atoms with van der Waals surface area (Å²) in [6, 6.07) is 7.91. The lowest BCUT2D eigenvalue weighted by molar-refractivity contribution is -0.132. The van der Waals surface area contributed by atoms with Gasteiger partial charge in [0, 0.05) is 30.6 Å². The Morgan fingerprint density at radius 3 is 2.74 bits per heavy atom. The summed E-state index contributed by atoms with van der Waals surface area (Å²) in [5.74, 6) is 1.000. The van der Waals surface area contributed by atoms with Crippen molar-refractivity contribution < 1.29 is 4.79 Å². The highest BCUT2D eigenvalue weighted by Gasteiger charge is 2.19. The van der Waals surface area contributed by atoms with E-state index in [4.69, 9.17) is 0 Å². The monoisotopic (exact) mass is 312 g/mol. The summed E-state index contributed by atoms with van der Waals surface area (Å²) in [6.45, 7) is 5.87. The third-order valence-corrected chi connectivity index (χ3v) is 4.86. The van der Waals surface area contributed by atoms with Gasteiger partial charge in [-0.05, 0) is 61.3 Å². The zero-order chi connectivity index (χ0) is 16.4. The number of piperidine rings is 1. The van der Waals surface area contributed by atoms with Crippen molar-refractivity contribution in [3.63, 3.8) is 0 Å². The van der Waals surface area contributed by atoms with Gasteiger partial charge in [0.25, 0.3) is 5.56 Å². The van der Waals surface area contributed by atoms with Crippen LogP contribution in [-0.4, -0.2) is 28.9 Å². The highest BCUT2D eigenvalue weighted by Crippen LogP contribution is 2.18. The molecule has 0 aliphatic carbocycles. The molecule has 2 aromatic rings. The smallest absolute Gasteiger partial charge is 0.251 e. The quantitative estimate of drug-likeness (QED) is 0.947. The molecule has 1 aliphatic heterocycles. The minimum absolute atomic E-state index is 0.0419. The van der Waals surface area contributed by atoms with Crippen LogP contribution >= 0.6 is 0 Å². The first-order valence-corrected chi connectivity index (χ1v) is 8.43. The number of carbonyl (C=O) groups is 1. The molecule has 0 saturated carbocycles. The molecule has 4 nitrogen and oxygen atoms in total. The molecule has 3 rings (SSSR count). The molecule has 1 fully saturated rings. The van der Waals surface area contributed by atoms with Crippen LogP contribution in [0.15, 0.2) is 29.1 Å². The van der Waals surface area contributed by atoms with Crippen molar-refractivity contribution in [1.29, 1.82) is 0 Å². The number of amides is 1. The van der Waals surface area contributed by atoms with E-state index in [0.29, 0.717) is 12.0 Å². The number of benzene rings is 1. The van der Waals surface area contributed by atoms with E-state index >= 15 is 0 Å². The minimum Gasteiger partial charge on any atom is -0.343 e. The van der Waals surface area contributed by atoms with Gasteiger partial charge in [0.05, 0.1) is 0 Å². The average molecular weight is 312 g/mol. The third kappa shape index (κ3) is 3.63. The molecule has 1 aliphatic rings. The first-order valence-electron chi connectivity index (χ1n) is 8.43. The highest BCUT2D eigenvalue weighted by molar-refractivity contribution is 5.80. The van der Waals surface area contributed by atoms with Gasteiger partial charge >= 0.3 is 0 Å². The van der Waals surface area contributed by atoms with Gasteiger partial charge in [-0.15, -0.1) is 0 Å². The summed E-state index contributed by atoms with van der Waals surface area (Å²) in [7, 11) is 0. The fourth-order valence-electron chi connectivity index (χ4n) is 3.19. The zero-order valence-corrected chi connectivity index (χ0v) is 13.9. The second-order valence-corrected chi connectivity index (χ2v) is 6.77. The lowest BCUT2D eigenvalue weighted by atomic mass is 9.98. The maximum Gasteiger partial charge on any atom is 0.251 e. The minimum atomic E-state index is -0.0419. The maximum absolute atomic E-state index is 12.3. The number of hydrogen-bond donors (Lipinski definition) is 1. The molecular weight excluding hydrogens is 288 g/mol. The van der Waals surface area contributed by atoms with E-state index in [1.807, 2.05) is 30.0 Å². The number of pyridine rings is 1. The van der Waals surface area contributed by atoms with Gasteiger partial charge in [-0.1, -0.05) is 13.0 Å². The molecule has 0 unspecified atom stereocenters. The van der Waals surface area contributed by atoms with Gasteiger partial charge in [-0.3, -0.25) is 9.59 Å². The number of carbonyl (C=O) groups excluding carboxylic acids is 1. The predicted octanol–water partition coefficient (Wildman–Crippen LogP) is 3.03. The summed E-state index contributed by atoms with van der Waals surface area (Å²) < 4.78 is 0. The van der Waals surface area contributed by atoms with Gasteiger partial charge in [-0.2, -0.15) is 0 Å². The molecule has 1 aromatic carbocycles. The molecule has 122 valence electrons. The number of H-pyrrole nitrogens is 1. The van der Waals surface area contributed by atoms with Crippen molar-refractivity contribution in [2.75, 3.05) is 13.1 Å². The highest BCUT2D eigenvalue weighted by atomic mass is 16.2. The Hall–Kier alpha value is -2.10. The second kappa shape index (κ2) is 6.57. The van der Waals surface area contributed by atoms with Gasteiger partial charge in [0.2, 0.25) is 5.91 Å². The molecule has 0 radical (unpaired) electrons. The average Bonchev–Trinajstić information content (AvgIpc) is 2.54. The van der Waals surface area contributed by atoms with Crippen LogP contribution in [0.4, 0.5) is 0 Å². The Morgan fingerprint density at radius 2 is 2.00 bits per heavy atom. The van der Waals surface area contributed by atoms with Crippen molar-refractivity contribution in [1.82, 2.24) is 9.88 Å². The predicted molar refractivity (Wildman–Crippen MR) is 92.6 cm³/mol. The number of aromatic amines is 1. The van der Waals surface area contributed by atoms with Crippen LogP contribution in [0.5, 0.6) is 0 Å². The van der Waals surface area contributed by atoms with Crippen LogP contribution in [0.1, 0.15) is 37.3 Å². The standard InChI is InChI=1S/C19H24N2O2/c1-13-7-9-21(10-8-13)18(22)6-4-15-3-5-17-16(12-15)11-14(2)19(23)20-17/h3,5,11-13H,4,6-10H2,1-2H3,(H,20,23). The molecule has 0 spiro atoms. The lowest BCUT2D eigenvalue weighted by Crippen LogP contribution is -2.37. The largest absolute Gasteiger partial charge is 0.343 e. The Labute approximate surface area is 136 Å². The number of rotatable bonds is 3. The Balaban J connectivity index is 1.66. The van der Waals surface area contributed by atoms with Crippen molar-refractivity contribution in [2.24, 2.45) is 5.92 Å². The SMILES string of the molecule is Cc1cc2cc(CCC(=O)N3CCC(C)CC3)ccc2[nH]c1=O. The number of aromatic nitrogens is 1. The number of nitrogens with one attached hydrogen (secondary N) is 1. The number of aryl methyl sites for hydroxylation is 2. The number of likely N-dealkylation sites (tertiary alicyclic amines) is 1. The van der Waals surface area contributed by atoms with E-state index in [1.54, 1.807) is 0 Å². The lowest BCUT2D eigenvalue weighted by Gasteiger charge is -2.30. The van der Waals surface area contributed by atoms with Crippen LogP contribution < -0.4 is 5.56 Å². The van der Waals surface area contributed by atoms with E-state index in [1.165, 1.54) is 0 Å². The number of hydrogen-bond acceptors (Lipinski definition) is 2. The molecule has 0 bridgehead atoms. The maximum atomic E-state index is 12.3. The Morgan fingerprint density at radius 1 is 1.26 bits per heavy atom. The van der Waals surface area contributed by atoms with Crippen LogP contribution in [0.25, 0.3) is 10.9 Å². The van der Waals surface area contributed by atoms with Crippen molar-refractivity contribution in [3.8, 4) is 0 Å². The molecule has 1 N–H and O–H groups in total. The first-order chi connectivity index (χ1) is 11.0. The summed E-state index contributed by atoms with van der Waals surface area (Å²) in [4.78, 5) is 28.8.